The van der Waals surface area contributed by atoms with Crippen LogP contribution < -0.4 is 5.32 Å². The van der Waals surface area contributed by atoms with E-state index in [0.717, 1.165) is 56.5 Å². The first kappa shape index (κ1) is 14.9. The molecule has 0 spiro atoms. The molecule has 1 N–H and O–H groups in total. The van der Waals surface area contributed by atoms with Crippen molar-refractivity contribution >= 4 is 22.4 Å². The zero-order valence-electron chi connectivity index (χ0n) is 12.5. The molecule has 1 aromatic heterocycles. The Morgan fingerprint density at radius 1 is 1.48 bits per heavy atom. The summed E-state index contributed by atoms with van der Waals surface area (Å²) in [6, 6.07) is 0. The lowest BCUT2D eigenvalue weighted by molar-refractivity contribution is -0.121. The standard InChI is InChI=1S/C15H23N3O2S/c1-11-10-21-15(16-11)17-14(19)13-2-5-18(6-3-13)8-12-4-7-20-9-12/h10,12-13H,2-9H2,1H3,(H,16,17,19)/t12-/m1/s1. The Balaban J connectivity index is 1.43. The van der Waals surface area contributed by atoms with E-state index in [2.05, 4.69) is 15.2 Å². The maximum atomic E-state index is 12.2. The first-order chi connectivity index (χ1) is 10.2. The highest BCUT2D eigenvalue weighted by molar-refractivity contribution is 7.13. The monoisotopic (exact) mass is 309 g/mol. The normalized spacial score (nSPS) is 24.3. The summed E-state index contributed by atoms with van der Waals surface area (Å²) >= 11 is 1.50. The Morgan fingerprint density at radius 2 is 2.29 bits per heavy atom. The molecular formula is C15H23N3O2S. The molecule has 0 aromatic carbocycles. The summed E-state index contributed by atoms with van der Waals surface area (Å²) in [5, 5.41) is 5.64. The fourth-order valence-corrected chi connectivity index (χ4v) is 3.78. The number of thiazole rings is 1. The molecule has 0 saturated carbocycles. The Kier molecular flexibility index (Phi) is 4.87. The van der Waals surface area contributed by atoms with Crippen LogP contribution in [0.25, 0.3) is 0 Å². The fourth-order valence-electron chi connectivity index (χ4n) is 3.09. The maximum absolute atomic E-state index is 12.2. The fraction of sp³-hybridized carbons (Fsp3) is 0.733. The summed E-state index contributed by atoms with van der Waals surface area (Å²) in [6.45, 7) is 6.93. The van der Waals surface area contributed by atoms with Gasteiger partial charge in [0.15, 0.2) is 5.13 Å². The van der Waals surface area contributed by atoms with Gasteiger partial charge in [0.1, 0.15) is 0 Å². The van der Waals surface area contributed by atoms with E-state index in [1.807, 2.05) is 12.3 Å². The highest BCUT2D eigenvalue weighted by Gasteiger charge is 2.27. The van der Waals surface area contributed by atoms with Gasteiger partial charge in [-0.25, -0.2) is 4.98 Å². The summed E-state index contributed by atoms with van der Waals surface area (Å²) < 4.78 is 5.43. The number of aryl methyl sites for hydroxylation is 1. The minimum Gasteiger partial charge on any atom is -0.381 e. The number of rotatable bonds is 4. The predicted molar refractivity (Wildman–Crippen MR) is 83.6 cm³/mol. The van der Waals surface area contributed by atoms with Crippen LogP contribution in [0.2, 0.25) is 0 Å². The van der Waals surface area contributed by atoms with Gasteiger partial charge < -0.3 is 15.0 Å². The second kappa shape index (κ2) is 6.85. The van der Waals surface area contributed by atoms with Crippen LogP contribution in [0.1, 0.15) is 25.0 Å². The number of anilines is 1. The molecule has 1 atom stereocenters. The zero-order chi connectivity index (χ0) is 14.7. The molecule has 0 aliphatic carbocycles. The van der Waals surface area contributed by atoms with Gasteiger partial charge in [0.2, 0.25) is 5.91 Å². The topological polar surface area (TPSA) is 54.5 Å². The van der Waals surface area contributed by atoms with Crippen LogP contribution in [0.5, 0.6) is 0 Å². The van der Waals surface area contributed by atoms with E-state index in [9.17, 15) is 4.79 Å². The second-order valence-corrected chi connectivity index (χ2v) is 6.95. The van der Waals surface area contributed by atoms with Crippen LogP contribution in [-0.2, 0) is 9.53 Å². The Morgan fingerprint density at radius 3 is 2.90 bits per heavy atom. The average molecular weight is 309 g/mol. The minimum absolute atomic E-state index is 0.130. The van der Waals surface area contributed by atoms with Gasteiger partial charge in [-0.2, -0.15) is 0 Å². The lowest BCUT2D eigenvalue weighted by atomic mass is 9.95. The molecule has 1 amide bonds. The summed E-state index contributed by atoms with van der Waals surface area (Å²) in [5.41, 5.74) is 0.962. The summed E-state index contributed by atoms with van der Waals surface area (Å²) in [5.74, 6) is 0.951. The summed E-state index contributed by atoms with van der Waals surface area (Å²) in [4.78, 5) is 19.0. The first-order valence-corrected chi connectivity index (χ1v) is 8.62. The van der Waals surface area contributed by atoms with E-state index in [1.54, 1.807) is 0 Å². The third kappa shape index (κ3) is 4.02. The number of likely N-dealkylation sites (tertiary alicyclic amines) is 1. The average Bonchev–Trinajstić information content (AvgIpc) is 3.12. The Hall–Kier alpha value is -0.980. The molecule has 2 saturated heterocycles. The second-order valence-electron chi connectivity index (χ2n) is 6.09. The van der Waals surface area contributed by atoms with Gasteiger partial charge in [-0.05, 0) is 45.2 Å². The number of nitrogens with zero attached hydrogens (tertiary/aromatic N) is 2. The van der Waals surface area contributed by atoms with Gasteiger partial charge in [-0.3, -0.25) is 4.79 Å². The van der Waals surface area contributed by atoms with Crippen LogP contribution in [0, 0.1) is 18.8 Å². The van der Waals surface area contributed by atoms with E-state index in [0.29, 0.717) is 5.92 Å². The highest BCUT2D eigenvalue weighted by Crippen LogP contribution is 2.23. The number of piperidine rings is 1. The van der Waals surface area contributed by atoms with Gasteiger partial charge in [0.25, 0.3) is 0 Å². The molecule has 116 valence electrons. The Labute approximate surface area is 129 Å². The van der Waals surface area contributed by atoms with E-state index in [1.165, 1.54) is 17.8 Å². The molecule has 3 rings (SSSR count). The van der Waals surface area contributed by atoms with Crippen molar-refractivity contribution in [3.63, 3.8) is 0 Å². The first-order valence-electron chi connectivity index (χ1n) is 7.74. The van der Waals surface area contributed by atoms with Gasteiger partial charge in [0.05, 0.1) is 12.3 Å². The van der Waals surface area contributed by atoms with E-state index >= 15 is 0 Å². The van der Waals surface area contributed by atoms with Crippen molar-refractivity contribution in [2.24, 2.45) is 11.8 Å². The quantitative estimate of drug-likeness (QED) is 0.926. The zero-order valence-corrected chi connectivity index (χ0v) is 13.3. The third-order valence-corrected chi connectivity index (χ3v) is 5.22. The molecule has 3 heterocycles. The van der Waals surface area contributed by atoms with Gasteiger partial charge in [-0.15, -0.1) is 11.3 Å². The lowest BCUT2D eigenvalue weighted by Crippen LogP contribution is -2.40. The van der Waals surface area contributed by atoms with E-state index in [4.69, 9.17) is 4.74 Å². The molecule has 2 aliphatic heterocycles. The van der Waals surface area contributed by atoms with E-state index in [-0.39, 0.29) is 11.8 Å². The minimum atomic E-state index is 0.130. The summed E-state index contributed by atoms with van der Waals surface area (Å²) in [7, 11) is 0. The molecule has 0 radical (unpaired) electrons. The molecule has 5 nitrogen and oxygen atoms in total. The van der Waals surface area contributed by atoms with Crippen molar-refractivity contribution in [2.75, 3.05) is 38.2 Å². The van der Waals surface area contributed by atoms with Crippen LogP contribution in [-0.4, -0.2) is 48.6 Å². The molecule has 2 aliphatic rings. The Bertz CT molecular complexity index is 477. The SMILES string of the molecule is Cc1csc(NC(=O)C2CCN(C[C@H]3CCOC3)CC2)n1. The smallest absolute Gasteiger partial charge is 0.229 e. The van der Waals surface area contributed by atoms with Crippen molar-refractivity contribution in [2.45, 2.75) is 26.2 Å². The van der Waals surface area contributed by atoms with E-state index < -0.39 is 0 Å². The van der Waals surface area contributed by atoms with Gasteiger partial charge in [-0.1, -0.05) is 0 Å². The van der Waals surface area contributed by atoms with Crippen LogP contribution in [0.15, 0.2) is 5.38 Å². The molecule has 1 aromatic rings. The number of carbonyl (C=O) groups excluding carboxylic acids is 1. The maximum Gasteiger partial charge on any atom is 0.229 e. The van der Waals surface area contributed by atoms with Crippen LogP contribution in [0.4, 0.5) is 5.13 Å². The molecule has 21 heavy (non-hydrogen) atoms. The molecule has 6 heteroatoms. The van der Waals surface area contributed by atoms with Crippen LogP contribution in [0.3, 0.4) is 0 Å². The highest BCUT2D eigenvalue weighted by atomic mass is 32.1. The number of carbonyl (C=O) groups is 1. The van der Waals surface area contributed by atoms with Crippen molar-refractivity contribution < 1.29 is 9.53 Å². The number of hydrogen-bond acceptors (Lipinski definition) is 5. The number of aromatic nitrogens is 1. The summed E-state index contributed by atoms with van der Waals surface area (Å²) in [6.07, 6.45) is 3.08. The molecule has 0 bridgehead atoms. The molecular weight excluding hydrogens is 286 g/mol. The third-order valence-electron chi connectivity index (χ3n) is 4.35. The van der Waals surface area contributed by atoms with Crippen molar-refractivity contribution in [1.29, 1.82) is 0 Å². The van der Waals surface area contributed by atoms with Crippen LogP contribution >= 0.6 is 11.3 Å². The van der Waals surface area contributed by atoms with Gasteiger partial charge in [0, 0.05) is 24.4 Å². The number of amides is 1. The lowest BCUT2D eigenvalue weighted by Gasteiger charge is -2.32. The molecule has 0 unspecified atom stereocenters. The van der Waals surface area contributed by atoms with Crippen molar-refractivity contribution in [3.05, 3.63) is 11.1 Å². The number of hydrogen-bond donors (Lipinski definition) is 1. The largest absolute Gasteiger partial charge is 0.381 e. The van der Waals surface area contributed by atoms with Crippen molar-refractivity contribution in [1.82, 2.24) is 9.88 Å². The number of ether oxygens (including phenoxy) is 1. The molecule has 2 fully saturated rings. The predicted octanol–water partition coefficient (Wildman–Crippen LogP) is 2.14. The van der Waals surface area contributed by atoms with Gasteiger partial charge >= 0.3 is 0 Å². The number of nitrogens with one attached hydrogen (secondary N) is 1. The van der Waals surface area contributed by atoms with Crippen molar-refractivity contribution in [3.8, 4) is 0 Å².